The van der Waals surface area contributed by atoms with E-state index in [0.29, 0.717) is 18.7 Å². The van der Waals surface area contributed by atoms with Crippen LogP contribution < -0.4 is 5.32 Å². The third kappa shape index (κ3) is 4.15. The molecule has 2 aliphatic rings. The minimum atomic E-state index is -4.51. The van der Waals surface area contributed by atoms with Gasteiger partial charge in [0.05, 0.1) is 18.2 Å². The van der Waals surface area contributed by atoms with Crippen LogP contribution in [0, 0.1) is 0 Å². The number of nitrogens with zero attached hydrogens (tertiary/aromatic N) is 2. The number of aromatic hydroxyl groups is 1. The molecule has 2 atom stereocenters. The molecule has 0 saturated carbocycles. The number of halogens is 3. The Bertz CT molecular complexity index is 939. The van der Waals surface area contributed by atoms with Crippen molar-refractivity contribution in [3.63, 3.8) is 0 Å². The fourth-order valence-corrected chi connectivity index (χ4v) is 4.12. The molecule has 2 aromatic rings. The number of alkyl halides is 3. The van der Waals surface area contributed by atoms with Crippen molar-refractivity contribution in [2.45, 2.75) is 31.1 Å². The van der Waals surface area contributed by atoms with Gasteiger partial charge in [0.2, 0.25) is 0 Å². The third-order valence-corrected chi connectivity index (χ3v) is 5.64. The number of ether oxygens (including phenoxy) is 1. The molecule has 1 saturated heterocycles. The lowest BCUT2D eigenvalue weighted by molar-refractivity contribution is -0.137. The summed E-state index contributed by atoms with van der Waals surface area (Å²) < 4.78 is 44.7. The van der Waals surface area contributed by atoms with Gasteiger partial charge in [-0.1, -0.05) is 6.07 Å². The first-order valence-corrected chi connectivity index (χ1v) is 9.93. The topological polar surface area (TPSA) is 57.6 Å². The maximum Gasteiger partial charge on any atom is 0.416 e. The molecule has 8 heteroatoms. The number of nitrogens with one attached hydrogen (secondary N) is 1. The second-order valence-electron chi connectivity index (χ2n) is 7.75. The molecule has 0 aliphatic carbocycles. The quantitative estimate of drug-likeness (QED) is 0.789. The summed E-state index contributed by atoms with van der Waals surface area (Å²) >= 11 is 0. The number of hydrogen-bond donors (Lipinski definition) is 2. The highest BCUT2D eigenvalue weighted by Gasteiger charge is 2.33. The first-order chi connectivity index (χ1) is 14.3. The number of rotatable bonds is 3. The summed E-state index contributed by atoms with van der Waals surface area (Å²) in [4.78, 5) is 6.26. The van der Waals surface area contributed by atoms with E-state index in [-0.39, 0.29) is 11.8 Å². The summed E-state index contributed by atoms with van der Waals surface area (Å²) in [6.07, 6.45) is 2.96. The van der Waals surface area contributed by atoms with Gasteiger partial charge in [0, 0.05) is 48.4 Å². The highest BCUT2D eigenvalue weighted by atomic mass is 19.4. The van der Waals surface area contributed by atoms with Crippen molar-refractivity contribution in [3.05, 3.63) is 65.0 Å². The molecule has 30 heavy (non-hydrogen) atoms. The van der Waals surface area contributed by atoms with Crippen LogP contribution in [0.4, 0.5) is 13.2 Å². The Morgan fingerprint density at radius 3 is 2.77 bits per heavy atom. The Balaban J connectivity index is 1.72. The number of aromatic nitrogens is 1. The minimum absolute atomic E-state index is 0.194. The monoisotopic (exact) mass is 419 g/mol. The lowest BCUT2D eigenvalue weighted by Gasteiger charge is -2.29. The highest BCUT2D eigenvalue weighted by Crippen LogP contribution is 2.40. The number of likely N-dealkylation sites (N-methyl/N-ethyl adjacent to an activating group) is 1. The van der Waals surface area contributed by atoms with Crippen LogP contribution in [0.2, 0.25) is 0 Å². The van der Waals surface area contributed by atoms with Crippen LogP contribution in [0.5, 0.6) is 5.75 Å². The van der Waals surface area contributed by atoms with Crippen molar-refractivity contribution in [3.8, 4) is 5.75 Å². The fourth-order valence-electron chi connectivity index (χ4n) is 4.12. The molecular formula is C22H24F3N3O2. The molecule has 2 N–H and O–H groups in total. The zero-order valence-corrected chi connectivity index (χ0v) is 16.6. The van der Waals surface area contributed by atoms with E-state index >= 15 is 0 Å². The van der Waals surface area contributed by atoms with Crippen LogP contribution >= 0.6 is 0 Å². The van der Waals surface area contributed by atoms with E-state index in [4.69, 9.17) is 4.74 Å². The molecular weight excluding hydrogens is 395 g/mol. The van der Waals surface area contributed by atoms with Crippen LogP contribution in [-0.2, 0) is 10.9 Å². The Hall–Kier alpha value is -2.58. The van der Waals surface area contributed by atoms with Gasteiger partial charge in [-0.05, 0) is 49.7 Å². The predicted octanol–water partition coefficient (Wildman–Crippen LogP) is 3.95. The average Bonchev–Trinajstić information content (AvgIpc) is 2.85. The van der Waals surface area contributed by atoms with Crippen LogP contribution in [-0.4, -0.2) is 47.8 Å². The summed E-state index contributed by atoms with van der Waals surface area (Å²) in [5.41, 5.74) is 2.22. The molecule has 1 fully saturated rings. The Morgan fingerprint density at radius 2 is 2.07 bits per heavy atom. The van der Waals surface area contributed by atoms with E-state index in [1.807, 2.05) is 18.0 Å². The van der Waals surface area contributed by atoms with Gasteiger partial charge in [-0.15, -0.1) is 0 Å². The number of phenolic OH excluding ortho intramolecular Hbond substituents is 1. The van der Waals surface area contributed by atoms with Crippen molar-refractivity contribution in [1.29, 1.82) is 0 Å². The van der Waals surface area contributed by atoms with Gasteiger partial charge in [-0.2, -0.15) is 13.2 Å². The zero-order valence-electron chi connectivity index (χ0n) is 16.6. The van der Waals surface area contributed by atoms with Gasteiger partial charge in [0.25, 0.3) is 0 Å². The van der Waals surface area contributed by atoms with E-state index in [0.717, 1.165) is 48.4 Å². The molecule has 160 valence electrons. The second kappa shape index (κ2) is 8.28. The Labute approximate surface area is 173 Å². The number of pyridine rings is 1. The van der Waals surface area contributed by atoms with Gasteiger partial charge < -0.3 is 15.2 Å². The predicted molar refractivity (Wildman–Crippen MR) is 107 cm³/mol. The molecule has 5 nitrogen and oxygen atoms in total. The van der Waals surface area contributed by atoms with Crippen molar-refractivity contribution in [1.82, 2.24) is 15.2 Å². The Kier molecular flexibility index (Phi) is 5.71. The van der Waals surface area contributed by atoms with Gasteiger partial charge >= 0.3 is 6.18 Å². The molecule has 0 radical (unpaired) electrons. The second-order valence-corrected chi connectivity index (χ2v) is 7.75. The van der Waals surface area contributed by atoms with Gasteiger partial charge in [0.1, 0.15) is 5.75 Å². The van der Waals surface area contributed by atoms with Crippen LogP contribution in [0.1, 0.15) is 41.1 Å². The van der Waals surface area contributed by atoms with Crippen molar-refractivity contribution in [2.24, 2.45) is 0 Å². The summed E-state index contributed by atoms with van der Waals surface area (Å²) in [5, 5.41) is 14.0. The van der Waals surface area contributed by atoms with Crippen LogP contribution in [0.15, 0.2) is 42.7 Å². The number of benzene rings is 1. The van der Waals surface area contributed by atoms with E-state index in [2.05, 4.69) is 16.4 Å². The number of hydrogen-bond acceptors (Lipinski definition) is 5. The molecule has 3 heterocycles. The van der Waals surface area contributed by atoms with Gasteiger partial charge in [0.15, 0.2) is 0 Å². The lowest BCUT2D eigenvalue weighted by Crippen LogP contribution is -2.35. The SMILES string of the molecule is CN1CC=C(NC2CCCOC2)c2cnccc2C1c1ccc(C(F)(F)F)cc1O. The maximum atomic E-state index is 13.0. The van der Waals surface area contributed by atoms with Crippen molar-refractivity contribution >= 4 is 5.70 Å². The van der Waals surface area contributed by atoms with E-state index < -0.39 is 17.8 Å². The standard InChI is InChI=1S/C22H24F3N3O2/c1-28-9-7-19(27-15-3-2-10-30-13-15)18-12-26-8-6-16(18)21(28)17-5-4-14(11-20(17)29)22(23,24)25/h4-8,11-12,15,21,27,29H,2-3,9-10,13H2,1H3. The van der Waals surface area contributed by atoms with Crippen molar-refractivity contribution in [2.75, 3.05) is 26.8 Å². The molecule has 0 amide bonds. The summed E-state index contributed by atoms with van der Waals surface area (Å²) in [6.45, 7) is 1.95. The molecule has 4 rings (SSSR count). The fraction of sp³-hybridized carbons (Fsp3) is 0.409. The van der Waals surface area contributed by atoms with E-state index in [9.17, 15) is 18.3 Å². The Morgan fingerprint density at radius 1 is 1.23 bits per heavy atom. The molecule has 0 bridgehead atoms. The van der Waals surface area contributed by atoms with Gasteiger partial charge in [-0.25, -0.2) is 0 Å². The highest BCUT2D eigenvalue weighted by molar-refractivity contribution is 5.69. The molecule has 0 spiro atoms. The maximum absolute atomic E-state index is 13.0. The summed E-state index contributed by atoms with van der Waals surface area (Å²) in [6, 6.07) is 4.80. The van der Waals surface area contributed by atoms with Gasteiger partial charge in [-0.3, -0.25) is 9.88 Å². The van der Waals surface area contributed by atoms with E-state index in [1.54, 1.807) is 12.4 Å². The third-order valence-electron chi connectivity index (χ3n) is 5.64. The normalized spacial score (nSPS) is 22.7. The lowest BCUT2D eigenvalue weighted by atomic mass is 9.92. The van der Waals surface area contributed by atoms with E-state index in [1.165, 1.54) is 6.07 Å². The zero-order chi connectivity index (χ0) is 21.3. The summed E-state index contributed by atoms with van der Waals surface area (Å²) in [7, 11) is 1.88. The number of phenols is 1. The van der Waals surface area contributed by atoms with Crippen molar-refractivity contribution < 1.29 is 23.0 Å². The largest absolute Gasteiger partial charge is 0.508 e. The molecule has 2 unspecified atom stereocenters. The van der Waals surface area contributed by atoms with Crippen LogP contribution in [0.25, 0.3) is 5.70 Å². The minimum Gasteiger partial charge on any atom is -0.508 e. The molecule has 1 aromatic carbocycles. The van der Waals surface area contributed by atoms with Crippen LogP contribution in [0.3, 0.4) is 0 Å². The first kappa shape index (κ1) is 20.7. The smallest absolute Gasteiger partial charge is 0.416 e. The molecule has 2 aliphatic heterocycles. The first-order valence-electron chi connectivity index (χ1n) is 9.93. The number of fused-ring (bicyclic) bond motifs is 1. The molecule has 1 aromatic heterocycles. The summed E-state index contributed by atoms with van der Waals surface area (Å²) in [5.74, 6) is -0.374. The average molecular weight is 419 g/mol.